The first-order valence-corrected chi connectivity index (χ1v) is 4.52. The van der Waals surface area contributed by atoms with Gasteiger partial charge in [-0.3, -0.25) is 0 Å². The molecule has 1 fully saturated rings. The lowest BCUT2D eigenvalue weighted by atomic mass is 10.0. The van der Waals surface area contributed by atoms with E-state index in [4.69, 9.17) is 0 Å². The van der Waals surface area contributed by atoms with Crippen LogP contribution in [-0.2, 0) is 0 Å². The van der Waals surface area contributed by atoms with Crippen molar-refractivity contribution in [3.05, 3.63) is 28.4 Å². The molecule has 0 atom stereocenters. The van der Waals surface area contributed by atoms with Gasteiger partial charge in [0.25, 0.3) is 0 Å². The lowest BCUT2D eigenvalue weighted by Gasteiger charge is -2.38. The van der Waals surface area contributed by atoms with Gasteiger partial charge in [0, 0.05) is 19.2 Å². The highest BCUT2D eigenvalue weighted by atomic mass is 16.6. The van der Waals surface area contributed by atoms with E-state index in [2.05, 4.69) is 16.8 Å². The molecule has 0 amide bonds. The van der Waals surface area contributed by atoms with Crippen molar-refractivity contribution >= 4 is 11.5 Å². The van der Waals surface area contributed by atoms with Crippen molar-refractivity contribution in [3.8, 4) is 0 Å². The average Bonchev–Trinajstić information content (AvgIpc) is 2.13. The highest BCUT2D eigenvalue weighted by Gasteiger charge is 2.23. The monoisotopic (exact) mass is 193 g/mol. The van der Waals surface area contributed by atoms with E-state index in [0.717, 1.165) is 18.8 Å². The van der Waals surface area contributed by atoms with Gasteiger partial charge in [-0.05, 0) is 21.9 Å². The number of pyridine rings is 1. The standard InChI is InChI=1S/C9H11N3O2/c1-7-5-11(6-7)8-2-3-9(10-4-8)12(13)14/h2-4,7H,5-6H2,1H3. The average molecular weight is 193 g/mol. The van der Waals surface area contributed by atoms with Crippen molar-refractivity contribution in [2.75, 3.05) is 18.0 Å². The highest BCUT2D eigenvalue weighted by molar-refractivity contribution is 5.48. The zero-order valence-corrected chi connectivity index (χ0v) is 7.88. The van der Waals surface area contributed by atoms with Crippen LogP contribution in [0.4, 0.5) is 11.5 Å². The Balaban J connectivity index is 2.10. The van der Waals surface area contributed by atoms with Crippen molar-refractivity contribution in [1.82, 2.24) is 4.98 Å². The highest BCUT2D eigenvalue weighted by Crippen LogP contribution is 2.24. The lowest BCUT2D eigenvalue weighted by Crippen LogP contribution is -2.45. The summed E-state index contributed by atoms with van der Waals surface area (Å²) < 4.78 is 0. The van der Waals surface area contributed by atoms with E-state index in [1.807, 2.05) is 0 Å². The van der Waals surface area contributed by atoms with Gasteiger partial charge in [0.2, 0.25) is 0 Å². The summed E-state index contributed by atoms with van der Waals surface area (Å²) in [7, 11) is 0. The van der Waals surface area contributed by atoms with Crippen molar-refractivity contribution in [2.24, 2.45) is 5.92 Å². The van der Waals surface area contributed by atoms with Crippen LogP contribution in [0.15, 0.2) is 18.3 Å². The number of hydrogen-bond donors (Lipinski definition) is 0. The molecule has 5 heteroatoms. The summed E-state index contributed by atoms with van der Waals surface area (Å²) in [4.78, 5) is 15.8. The molecule has 2 rings (SSSR count). The SMILES string of the molecule is CC1CN(c2ccc([N+](=O)[O-])nc2)C1. The number of rotatable bonds is 2. The molecular formula is C9H11N3O2. The molecule has 0 radical (unpaired) electrons. The van der Waals surface area contributed by atoms with Gasteiger partial charge in [0.1, 0.15) is 0 Å². The Hall–Kier alpha value is -1.65. The van der Waals surface area contributed by atoms with Gasteiger partial charge in [0.05, 0.1) is 5.69 Å². The molecule has 1 aliphatic rings. The van der Waals surface area contributed by atoms with Gasteiger partial charge >= 0.3 is 5.82 Å². The predicted molar refractivity (Wildman–Crippen MR) is 52.3 cm³/mol. The van der Waals surface area contributed by atoms with Crippen molar-refractivity contribution < 1.29 is 4.92 Å². The summed E-state index contributed by atoms with van der Waals surface area (Å²) in [5, 5.41) is 10.3. The molecule has 74 valence electrons. The maximum atomic E-state index is 10.3. The number of hydrogen-bond acceptors (Lipinski definition) is 4. The first-order chi connectivity index (χ1) is 6.66. The van der Waals surface area contributed by atoms with Crippen LogP contribution in [-0.4, -0.2) is 23.0 Å². The molecule has 2 heterocycles. The maximum Gasteiger partial charge on any atom is 0.363 e. The van der Waals surface area contributed by atoms with Crippen LogP contribution in [0.5, 0.6) is 0 Å². The first-order valence-electron chi connectivity index (χ1n) is 4.52. The van der Waals surface area contributed by atoms with Gasteiger partial charge in [-0.2, -0.15) is 0 Å². The molecule has 0 aromatic carbocycles. The van der Waals surface area contributed by atoms with Crippen LogP contribution in [0.25, 0.3) is 0 Å². The van der Waals surface area contributed by atoms with E-state index in [9.17, 15) is 10.1 Å². The molecule has 0 bridgehead atoms. The predicted octanol–water partition coefficient (Wildman–Crippen LogP) is 1.45. The Morgan fingerprint density at radius 2 is 2.29 bits per heavy atom. The fourth-order valence-corrected chi connectivity index (χ4v) is 1.58. The number of nitrogens with zero attached hydrogens (tertiary/aromatic N) is 3. The quantitative estimate of drug-likeness (QED) is 0.526. The summed E-state index contributed by atoms with van der Waals surface area (Å²) in [6, 6.07) is 3.19. The maximum absolute atomic E-state index is 10.3. The van der Waals surface area contributed by atoms with Crippen LogP contribution in [0.3, 0.4) is 0 Å². The van der Waals surface area contributed by atoms with E-state index in [0.29, 0.717) is 5.92 Å². The lowest BCUT2D eigenvalue weighted by molar-refractivity contribution is -0.389. The van der Waals surface area contributed by atoms with E-state index in [1.54, 1.807) is 12.3 Å². The molecule has 1 saturated heterocycles. The van der Waals surface area contributed by atoms with Gasteiger partial charge in [0.15, 0.2) is 6.20 Å². The first kappa shape index (κ1) is 8.93. The largest absolute Gasteiger partial charge is 0.368 e. The van der Waals surface area contributed by atoms with Gasteiger partial charge in [-0.1, -0.05) is 6.92 Å². The third kappa shape index (κ3) is 1.53. The Morgan fingerprint density at radius 3 is 2.71 bits per heavy atom. The third-order valence-electron chi connectivity index (χ3n) is 2.35. The second-order valence-electron chi connectivity index (χ2n) is 3.64. The molecule has 0 spiro atoms. The number of nitro groups is 1. The van der Waals surface area contributed by atoms with Crippen LogP contribution >= 0.6 is 0 Å². The van der Waals surface area contributed by atoms with Crippen molar-refractivity contribution in [2.45, 2.75) is 6.92 Å². The molecule has 1 aliphatic heterocycles. The molecule has 0 N–H and O–H groups in total. The molecule has 1 aromatic rings. The van der Waals surface area contributed by atoms with Crippen LogP contribution in [0.2, 0.25) is 0 Å². The topological polar surface area (TPSA) is 59.3 Å². The molecule has 0 saturated carbocycles. The summed E-state index contributed by atoms with van der Waals surface area (Å²) in [5.41, 5.74) is 0.966. The minimum atomic E-state index is -0.484. The summed E-state index contributed by atoms with van der Waals surface area (Å²) in [6.07, 6.45) is 1.56. The van der Waals surface area contributed by atoms with E-state index in [1.165, 1.54) is 6.07 Å². The van der Waals surface area contributed by atoms with E-state index < -0.39 is 4.92 Å². The summed E-state index contributed by atoms with van der Waals surface area (Å²) in [6.45, 7) is 4.20. The minimum absolute atomic E-state index is 0.0951. The normalized spacial score (nSPS) is 16.5. The number of aromatic nitrogens is 1. The summed E-state index contributed by atoms with van der Waals surface area (Å²) >= 11 is 0. The van der Waals surface area contributed by atoms with Gasteiger partial charge in [-0.15, -0.1) is 0 Å². The van der Waals surface area contributed by atoms with Crippen LogP contribution in [0.1, 0.15) is 6.92 Å². The minimum Gasteiger partial charge on any atom is -0.368 e. The fraction of sp³-hybridized carbons (Fsp3) is 0.444. The summed E-state index contributed by atoms with van der Waals surface area (Å²) in [5.74, 6) is 0.618. The molecule has 5 nitrogen and oxygen atoms in total. The Bertz CT molecular complexity index is 344. The van der Waals surface area contributed by atoms with Crippen molar-refractivity contribution in [1.29, 1.82) is 0 Å². The molecule has 0 unspecified atom stereocenters. The van der Waals surface area contributed by atoms with Crippen LogP contribution in [0, 0.1) is 16.0 Å². The molecular weight excluding hydrogens is 182 g/mol. The Morgan fingerprint density at radius 1 is 1.57 bits per heavy atom. The van der Waals surface area contributed by atoms with Crippen molar-refractivity contribution in [3.63, 3.8) is 0 Å². The third-order valence-corrected chi connectivity index (χ3v) is 2.35. The molecule has 0 aliphatic carbocycles. The second kappa shape index (κ2) is 3.25. The fourth-order valence-electron chi connectivity index (χ4n) is 1.58. The molecule has 14 heavy (non-hydrogen) atoms. The van der Waals surface area contributed by atoms with Crippen LogP contribution < -0.4 is 4.90 Å². The van der Waals surface area contributed by atoms with E-state index in [-0.39, 0.29) is 5.82 Å². The zero-order valence-electron chi connectivity index (χ0n) is 7.88. The Labute approximate surface area is 81.5 Å². The zero-order chi connectivity index (χ0) is 10.1. The van der Waals surface area contributed by atoms with Gasteiger partial charge < -0.3 is 15.0 Å². The second-order valence-corrected chi connectivity index (χ2v) is 3.64. The van der Waals surface area contributed by atoms with Gasteiger partial charge in [-0.25, -0.2) is 0 Å². The molecule has 1 aromatic heterocycles. The Kier molecular flexibility index (Phi) is 2.07. The number of anilines is 1. The van der Waals surface area contributed by atoms with E-state index >= 15 is 0 Å². The smallest absolute Gasteiger partial charge is 0.363 e.